The van der Waals surface area contributed by atoms with Crippen LogP contribution >= 0.6 is 0 Å². The number of fused-ring (bicyclic) bond motifs is 1. The number of nitrogens with zero attached hydrogens (tertiary/aromatic N) is 2. The Morgan fingerprint density at radius 3 is 2.92 bits per heavy atom. The van der Waals surface area contributed by atoms with Gasteiger partial charge in [0.25, 0.3) is 0 Å². The highest BCUT2D eigenvalue weighted by atomic mass is 16.7. The van der Waals surface area contributed by atoms with E-state index in [0.717, 1.165) is 0 Å². The summed E-state index contributed by atoms with van der Waals surface area (Å²) in [4.78, 5) is 17.6. The summed E-state index contributed by atoms with van der Waals surface area (Å²) in [7, 11) is 1.50. The van der Waals surface area contributed by atoms with Gasteiger partial charge in [0.05, 0.1) is 11.6 Å². The van der Waals surface area contributed by atoms with Crippen LogP contribution in [-0.2, 0) is 0 Å². The third-order valence-electron chi connectivity index (χ3n) is 1.83. The molecule has 0 radical (unpaired) electrons. The van der Waals surface area contributed by atoms with Crippen molar-refractivity contribution in [3.63, 3.8) is 0 Å². The minimum atomic E-state index is -0.0936. The Morgan fingerprint density at radius 2 is 2.15 bits per heavy atom. The first-order chi connectivity index (χ1) is 6.33. The number of hydrogen-bond donors (Lipinski definition) is 0. The molecule has 0 atom stereocenters. The molecule has 0 bridgehead atoms. The molecule has 0 N–H and O–H groups in total. The predicted octanol–water partition coefficient (Wildman–Crippen LogP) is 0.455. The fourth-order valence-electron chi connectivity index (χ4n) is 1.23. The molecular weight excluding hydrogens is 168 g/mol. The summed E-state index contributed by atoms with van der Waals surface area (Å²) in [6.45, 7) is 0. The van der Waals surface area contributed by atoms with Crippen molar-refractivity contribution in [2.45, 2.75) is 0 Å². The van der Waals surface area contributed by atoms with Gasteiger partial charge in [0.2, 0.25) is 5.43 Å². The van der Waals surface area contributed by atoms with Crippen LogP contribution in [0.1, 0.15) is 0 Å². The topological polar surface area (TPSA) is 44.1 Å². The van der Waals surface area contributed by atoms with Gasteiger partial charge in [-0.15, -0.1) is 5.10 Å². The molecule has 0 aliphatic carbocycles. The third-order valence-corrected chi connectivity index (χ3v) is 1.83. The van der Waals surface area contributed by atoms with Crippen molar-refractivity contribution < 1.29 is 4.84 Å². The Morgan fingerprint density at radius 1 is 1.38 bits per heavy atom. The Labute approximate surface area is 74.3 Å². The number of para-hydroxylation sites is 1. The van der Waals surface area contributed by atoms with Crippen LogP contribution in [0, 0.1) is 0 Å². The maximum absolute atomic E-state index is 11.3. The van der Waals surface area contributed by atoms with Crippen LogP contribution in [0.15, 0.2) is 35.3 Å². The Kier molecular flexibility index (Phi) is 1.73. The van der Waals surface area contributed by atoms with Gasteiger partial charge in [0, 0.05) is 0 Å². The monoisotopic (exact) mass is 176 g/mol. The minimum absolute atomic E-state index is 0.0936. The molecular formula is C9H8N2O2. The first kappa shape index (κ1) is 7.79. The SMILES string of the molecule is COn1ncc(=O)c2ccccc21. The summed E-state index contributed by atoms with van der Waals surface area (Å²) in [5.74, 6) is 0. The van der Waals surface area contributed by atoms with Crippen LogP contribution in [0.3, 0.4) is 0 Å². The molecule has 2 aromatic rings. The number of benzene rings is 1. The smallest absolute Gasteiger partial charge is 0.208 e. The molecule has 0 saturated heterocycles. The average Bonchev–Trinajstić information content (AvgIpc) is 2.19. The molecule has 1 heterocycles. The van der Waals surface area contributed by atoms with E-state index in [1.165, 1.54) is 18.2 Å². The number of aromatic nitrogens is 2. The van der Waals surface area contributed by atoms with E-state index in [1.54, 1.807) is 12.1 Å². The largest absolute Gasteiger partial charge is 0.399 e. The van der Waals surface area contributed by atoms with E-state index in [1.807, 2.05) is 12.1 Å². The van der Waals surface area contributed by atoms with Crippen LogP contribution in [0.5, 0.6) is 0 Å². The van der Waals surface area contributed by atoms with E-state index in [-0.39, 0.29) is 5.43 Å². The molecule has 0 spiro atoms. The first-order valence-electron chi connectivity index (χ1n) is 3.84. The molecule has 0 aliphatic rings. The molecule has 0 fully saturated rings. The molecule has 4 heteroatoms. The summed E-state index contributed by atoms with van der Waals surface area (Å²) in [5, 5.41) is 4.42. The lowest BCUT2D eigenvalue weighted by Crippen LogP contribution is -2.16. The van der Waals surface area contributed by atoms with Gasteiger partial charge in [-0.05, 0) is 12.1 Å². The zero-order valence-corrected chi connectivity index (χ0v) is 7.10. The molecule has 13 heavy (non-hydrogen) atoms. The van der Waals surface area contributed by atoms with Crippen LogP contribution in [0.25, 0.3) is 10.9 Å². The van der Waals surface area contributed by atoms with Crippen LogP contribution in [0.2, 0.25) is 0 Å². The zero-order chi connectivity index (χ0) is 9.26. The lowest BCUT2D eigenvalue weighted by molar-refractivity contribution is 0.142. The van der Waals surface area contributed by atoms with Crippen molar-refractivity contribution in [2.75, 3.05) is 7.11 Å². The Balaban J connectivity index is 2.93. The molecule has 66 valence electrons. The summed E-state index contributed by atoms with van der Waals surface area (Å²) in [5.41, 5.74) is 0.585. The van der Waals surface area contributed by atoms with Crippen molar-refractivity contribution in [3.8, 4) is 0 Å². The van der Waals surface area contributed by atoms with E-state index >= 15 is 0 Å². The summed E-state index contributed by atoms with van der Waals surface area (Å²) in [6, 6.07) is 7.17. The quantitative estimate of drug-likeness (QED) is 0.633. The van der Waals surface area contributed by atoms with Crippen LogP contribution < -0.4 is 10.3 Å². The summed E-state index contributed by atoms with van der Waals surface area (Å²) in [6.07, 6.45) is 1.24. The van der Waals surface area contributed by atoms with Gasteiger partial charge in [-0.3, -0.25) is 4.79 Å². The van der Waals surface area contributed by atoms with Gasteiger partial charge in [-0.25, -0.2) is 0 Å². The maximum Gasteiger partial charge on any atom is 0.208 e. The number of rotatable bonds is 1. The molecule has 1 aromatic carbocycles. The van der Waals surface area contributed by atoms with Crippen molar-refractivity contribution in [1.82, 2.24) is 9.94 Å². The normalized spacial score (nSPS) is 10.2. The number of hydrogen-bond acceptors (Lipinski definition) is 3. The molecule has 0 saturated carbocycles. The van der Waals surface area contributed by atoms with Crippen molar-refractivity contribution in [1.29, 1.82) is 0 Å². The first-order valence-corrected chi connectivity index (χ1v) is 3.84. The summed E-state index contributed by atoms with van der Waals surface area (Å²) >= 11 is 0. The lowest BCUT2D eigenvalue weighted by Gasteiger charge is -2.04. The second kappa shape index (κ2) is 2.90. The minimum Gasteiger partial charge on any atom is -0.399 e. The van der Waals surface area contributed by atoms with E-state index in [4.69, 9.17) is 4.84 Å². The second-order valence-electron chi connectivity index (χ2n) is 2.58. The Bertz CT molecular complexity index is 490. The zero-order valence-electron chi connectivity index (χ0n) is 7.10. The molecule has 0 unspecified atom stereocenters. The second-order valence-corrected chi connectivity index (χ2v) is 2.58. The fourth-order valence-corrected chi connectivity index (χ4v) is 1.23. The standard InChI is InChI=1S/C9H8N2O2/c1-13-11-8-5-3-2-4-7(8)9(12)6-10-11/h2-6H,1H3. The van der Waals surface area contributed by atoms with Gasteiger partial charge in [-0.1, -0.05) is 17.0 Å². The van der Waals surface area contributed by atoms with Crippen molar-refractivity contribution in [3.05, 3.63) is 40.7 Å². The molecule has 0 aliphatic heterocycles. The molecule has 4 nitrogen and oxygen atoms in total. The van der Waals surface area contributed by atoms with Gasteiger partial charge in [0.15, 0.2) is 0 Å². The third kappa shape index (κ3) is 1.16. The molecule has 0 amide bonds. The van der Waals surface area contributed by atoms with E-state index in [9.17, 15) is 4.79 Å². The highest BCUT2D eigenvalue weighted by Gasteiger charge is 2.01. The predicted molar refractivity (Wildman–Crippen MR) is 48.5 cm³/mol. The van der Waals surface area contributed by atoms with E-state index in [0.29, 0.717) is 10.9 Å². The van der Waals surface area contributed by atoms with Gasteiger partial charge in [-0.2, -0.15) is 0 Å². The average molecular weight is 176 g/mol. The van der Waals surface area contributed by atoms with Crippen molar-refractivity contribution >= 4 is 10.9 Å². The van der Waals surface area contributed by atoms with Gasteiger partial charge >= 0.3 is 0 Å². The van der Waals surface area contributed by atoms with E-state index in [2.05, 4.69) is 5.10 Å². The highest BCUT2D eigenvalue weighted by Crippen LogP contribution is 2.05. The van der Waals surface area contributed by atoms with Crippen LogP contribution in [-0.4, -0.2) is 17.1 Å². The molecule has 1 aromatic heterocycles. The maximum atomic E-state index is 11.3. The van der Waals surface area contributed by atoms with Crippen molar-refractivity contribution in [2.24, 2.45) is 0 Å². The highest BCUT2D eigenvalue weighted by molar-refractivity contribution is 5.77. The fraction of sp³-hybridized carbons (Fsp3) is 0.111. The van der Waals surface area contributed by atoms with E-state index < -0.39 is 0 Å². The lowest BCUT2D eigenvalue weighted by atomic mass is 10.2. The van der Waals surface area contributed by atoms with Gasteiger partial charge < -0.3 is 4.84 Å². The Hall–Kier alpha value is -1.84. The van der Waals surface area contributed by atoms with Gasteiger partial charge in [0.1, 0.15) is 12.6 Å². The summed E-state index contributed by atoms with van der Waals surface area (Å²) < 4.78 is 0. The molecule has 2 rings (SSSR count). The van der Waals surface area contributed by atoms with Crippen LogP contribution in [0.4, 0.5) is 0 Å².